The predicted molar refractivity (Wildman–Crippen MR) is 68.0 cm³/mol. The van der Waals surface area contributed by atoms with Crippen LogP contribution in [0.2, 0.25) is 0 Å². The maximum atomic E-state index is 5.90. The molecule has 1 fully saturated rings. The Kier molecular flexibility index (Phi) is 2.98. The molecule has 0 N–H and O–H groups in total. The van der Waals surface area contributed by atoms with Gasteiger partial charge in [-0.05, 0) is 19.4 Å². The molecule has 1 aliphatic carbocycles. The third kappa shape index (κ3) is 2.34. The zero-order valence-electron chi connectivity index (χ0n) is 10.7. The van der Waals surface area contributed by atoms with Crippen LogP contribution in [0.4, 0.5) is 0 Å². The van der Waals surface area contributed by atoms with Gasteiger partial charge in [0.25, 0.3) is 0 Å². The van der Waals surface area contributed by atoms with E-state index in [1.165, 1.54) is 5.56 Å². The minimum absolute atomic E-state index is 0.0105. The van der Waals surface area contributed by atoms with E-state index in [0.717, 1.165) is 0 Å². The number of rotatable bonds is 3. The molecule has 1 heterocycles. The highest BCUT2D eigenvalue weighted by molar-refractivity contribution is 5.16. The van der Waals surface area contributed by atoms with Crippen LogP contribution >= 0.6 is 0 Å². The molecule has 0 saturated carbocycles. The summed E-state index contributed by atoms with van der Waals surface area (Å²) in [5, 5.41) is 0. The van der Waals surface area contributed by atoms with Gasteiger partial charge in [-0.3, -0.25) is 0 Å². The Bertz CT molecular complexity index is 438. The summed E-state index contributed by atoms with van der Waals surface area (Å²) < 4.78 is 17.5. The summed E-state index contributed by atoms with van der Waals surface area (Å²) >= 11 is 0. The van der Waals surface area contributed by atoms with E-state index in [4.69, 9.17) is 14.2 Å². The maximum Gasteiger partial charge on any atom is 0.164 e. The van der Waals surface area contributed by atoms with Crippen LogP contribution in [-0.4, -0.2) is 24.1 Å². The Hall–Kier alpha value is -1.16. The van der Waals surface area contributed by atoms with Gasteiger partial charge >= 0.3 is 0 Å². The van der Waals surface area contributed by atoms with Gasteiger partial charge in [-0.1, -0.05) is 42.5 Å². The molecule has 0 bridgehead atoms. The molecule has 0 spiro atoms. The molecule has 0 amide bonds. The van der Waals surface area contributed by atoms with E-state index in [9.17, 15) is 0 Å². The molecule has 3 rings (SSSR count). The van der Waals surface area contributed by atoms with Crippen LogP contribution in [0.25, 0.3) is 0 Å². The fraction of sp³-hybridized carbons (Fsp3) is 0.467. The van der Waals surface area contributed by atoms with E-state index in [-0.39, 0.29) is 18.3 Å². The van der Waals surface area contributed by atoms with Gasteiger partial charge < -0.3 is 14.2 Å². The molecule has 1 saturated heterocycles. The molecule has 3 heteroatoms. The number of benzene rings is 1. The first-order valence-corrected chi connectivity index (χ1v) is 6.33. The summed E-state index contributed by atoms with van der Waals surface area (Å²) in [6.07, 6.45) is 4.07. The highest BCUT2D eigenvalue weighted by Gasteiger charge is 2.46. The maximum absolute atomic E-state index is 5.90. The van der Waals surface area contributed by atoms with Crippen molar-refractivity contribution < 1.29 is 14.2 Å². The molecule has 0 unspecified atom stereocenters. The highest BCUT2D eigenvalue weighted by Crippen LogP contribution is 2.35. The second-order valence-corrected chi connectivity index (χ2v) is 5.21. The smallest absolute Gasteiger partial charge is 0.164 e. The van der Waals surface area contributed by atoms with Crippen LogP contribution in [0.15, 0.2) is 42.5 Å². The third-order valence-corrected chi connectivity index (χ3v) is 3.26. The molecular formula is C15H18O3. The third-order valence-electron chi connectivity index (χ3n) is 3.26. The molecule has 0 radical (unpaired) electrons. The van der Waals surface area contributed by atoms with E-state index in [1.54, 1.807) is 0 Å². The minimum atomic E-state index is -0.506. The van der Waals surface area contributed by atoms with E-state index < -0.39 is 5.79 Å². The number of hydrogen-bond donors (Lipinski definition) is 0. The van der Waals surface area contributed by atoms with Crippen molar-refractivity contribution in [3.8, 4) is 0 Å². The summed E-state index contributed by atoms with van der Waals surface area (Å²) in [4.78, 5) is 0. The average molecular weight is 246 g/mol. The van der Waals surface area contributed by atoms with Gasteiger partial charge in [0, 0.05) is 0 Å². The summed E-state index contributed by atoms with van der Waals surface area (Å²) in [5.74, 6) is -0.506. The van der Waals surface area contributed by atoms with Crippen LogP contribution in [0.5, 0.6) is 0 Å². The second-order valence-electron chi connectivity index (χ2n) is 5.21. The summed E-state index contributed by atoms with van der Waals surface area (Å²) in [6, 6.07) is 10.2. The lowest BCUT2D eigenvalue weighted by atomic mass is 10.2. The number of fused-ring (bicyclic) bond motifs is 1. The van der Waals surface area contributed by atoms with E-state index in [2.05, 4.69) is 12.1 Å². The fourth-order valence-electron chi connectivity index (χ4n) is 2.47. The lowest BCUT2D eigenvalue weighted by Crippen LogP contribution is -2.31. The van der Waals surface area contributed by atoms with Crippen molar-refractivity contribution in [3.63, 3.8) is 0 Å². The standard InChI is InChI=1S/C15H18O3/c1-15(2)17-13-9-8-12(14(13)18-15)16-10-11-6-4-3-5-7-11/h3-9,12-14H,10H2,1-2H3/t12-,13-,14+/m1/s1. The van der Waals surface area contributed by atoms with Gasteiger partial charge in [-0.15, -0.1) is 0 Å². The average Bonchev–Trinajstić information content (AvgIpc) is 2.83. The van der Waals surface area contributed by atoms with Crippen molar-refractivity contribution in [2.45, 2.75) is 44.6 Å². The molecule has 2 aliphatic rings. The minimum Gasteiger partial charge on any atom is -0.367 e. The van der Waals surface area contributed by atoms with Gasteiger partial charge in [-0.25, -0.2) is 0 Å². The highest BCUT2D eigenvalue weighted by atomic mass is 16.8. The van der Waals surface area contributed by atoms with Crippen LogP contribution in [0.1, 0.15) is 19.4 Å². The second kappa shape index (κ2) is 4.50. The van der Waals surface area contributed by atoms with Crippen LogP contribution in [0.3, 0.4) is 0 Å². The van der Waals surface area contributed by atoms with Gasteiger partial charge in [0.15, 0.2) is 5.79 Å². The van der Waals surface area contributed by atoms with Crippen molar-refractivity contribution in [2.24, 2.45) is 0 Å². The molecule has 0 aromatic heterocycles. The zero-order chi connectivity index (χ0) is 12.6. The van der Waals surface area contributed by atoms with Gasteiger partial charge in [0.1, 0.15) is 18.3 Å². The SMILES string of the molecule is CC1(C)O[C@H]2[C@H](OCc3ccccc3)C=C[C@H]2O1. The summed E-state index contributed by atoms with van der Waals surface area (Å²) in [5.41, 5.74) is 1.17. The van der Waals surface area contributed by atoms with Crippen molar-refractivity contribution >= 4 is 0 Å². The zero-order valence-corrected chi connectivity index (χ0v) is 10.7. The predicted octanol–water partition coefficient (Wildman–Crippen LogP) is 2.66. The Morgan fingerprint density at radius 2 is 1.89 bits per heavy atom. The van der Waals surface area contributed by atoms with Crippen molar-refractivity contribution in [1.82, 2.24) is 0 Å². The lowest BCUT2D eigenvalue weighted by molar-refractivity contribution is -0.156. The topological polar surface area (TPSA) is 27.7 Å². The molecular weight excluding hydrogens is 228 g/mol. The molecule has 18 heavy (non-hydrogen) atoms. The number of ether oxygens (including phenoxy) is 3. The van der Waals surface area contributed by atoms with Crippen LogP contribution < -0.4 is 0 Å². The molecule has 3 nitrogen and oxygen atoms in total. The first kappa shape index (κ1) is 11.9. The largest absolute Gasteiger partial charge is 0.367 e. The molecule has 96 valence electrons. The fourth-order valence-corrected chi connectivity index (χ4v) is 2.47. The quantitative estimate of drug-likeness (QED) is 0.767. The van der Waals surface area contributed by atoms with Crippen molar-refractivity contribution in [2.75, 3.05) is 0 Å². The summed E-state index contributed by atoms with van der Waals surface area (Å²) in [7, 11) is 0. The Labute approximate surface area is 107 Å². The Morgan fingerprint density at radius 1 is 1.11 bits per heavy atom. The van der Waals surface area contributed by atoms with Crippen LogP contribution in [0, 0.1) is 0 Å². The molecule has 1 aromatic rings. The van der Waals surface area contributed by atoms with Gasteiger partial charge in [-0.2, -0.15) is 0 Å². The Morgan fingerprint density at radius 3 is 2.67 bits per heavy atom. The van der Waals surface area contributed by atoms with Gasteiger partial charge in [0.05, 0.1) is 6.61 Å². The molecule has 1 aromatic carbocycles. The normalized spacial score (nSPS) is 32.7. The van der Waals surface area contributed by atoms with Crippen molar-refractivity contribution in [3.05, 3.63) is 48.0 Å². The first-order chi connectivity index (χ1) is 8.64. The van der Waals surface area contributed by atoms with E-state index in [1.807, 2.05) is 44.2 Å². The lowest BCUT2D eigenvalue weighted by Gasteiger charge is -2.21. The van der Waals surface area contributed by atoms with Crippen molar-refractivity contribution in [1.29, 1.82) is 0 Å². The van der Waals surface area contributed by atoms with Gasteiger partial charge in [0.2, 0.25) is 0 Å². The summed E-state index contributed by atoms with van der Waals surface area (Å²) in [6.45, 7) is 4.48. The first-order valence-electron chi connectivity index (χ1n) is 6.33. The van der Waals surface area contributed by atoms with E-state index >= 15 is 0 Å². The van der Waals surface area contributed by atoms with Crippen LogP contribution in [-0.2, 0) is 20.8 Å². The monoisotopic (exact) mass is 246 g/mol. The molecule has 3 atom stereocenters. The van der Waals surface area contributed by atoms with E-state index in [0.29, 0.717) is 6.61 Å². The molecule has 1 aliphatic heterocycles. The number of hydrogen-bond acceptors (Lipinski definition) is 3. The Balaban J connectivity index is 1.60.